The lowest BCUT2D eigenvalue weighted by Crippen LogP contribution is -2.44. The summed E-state index contributed by atoms with van der Waals surface area (Å²) in [6.07, 6.45) is 6.11. The largest absolute Gasteiger partial charge is 0.506 e. The van der Waals surface area contributed by atoms with E-state index in [9.17, 15) is 12.9 Å². The van der Waals surface area contributed by atoms with Crippen molar-refractivity contribution >= 4 is 6.98 Å². The molecule has 2 rings (SSSR count). The second-order valence-corrected chi connectivity index (χ2v) is 5.56. The van der Waals surface area contributed by atoms with Crippen molar-refractivity contribution in [3.05, 3.63) is 12.1 Å². The van der Waals surface area contributed by atoms with Crippen molar-refractivity contribution in [2.75, 3.05) is 19.6 Å². The van der Waals surface area contributed by atoms with Crippen LogP contribution in [0.4, 0.5) is 12.9 Å². The highest BCUT2D eigenvalue weighted by Crippen LogP contribution is 2.36. The summed E-state index contributed by atoms with van der Waals surface area (Å²) >= 11 is 0. The lowest BCUT2D eigenvalue weighted by Gasteiger charge is -2.42. The van der Waals surface area contributed by atoms with Crippen molar-refractivity contribution in [2.45, 2.75) is 32.1 Å². The van der Waals surface area contributed by atoms with Gasteiger partial charge in [0.2, 0.25) is 0 Å². The molecule has 0 aromatic heterocycles. The Morgan fingerprint density at radius 3 is 2.41 bits per heavy atom. The number of halogens is 3. The number of likely N-dealkylation sites (tertiary alicyclic amines) is 1. The van der Waals surface area contributed by atoms with Crippen molar-refractivity contribution in [3.63, 3.8) is 0 Å². The third-order valence-corrected chi connectivity index (χ3v) is 4.26. The van der Waals surface area contributed by atoms with E-state index in [2.05, 4.69) is 6.58 Å². The van der Waals surface area contributed by atoms with Gasteiger partial charge in [0.1, 0.15) is 0 Å². The maximum Gasteiger partial charge on any atom is 0.506 e. The van der Waals surface area contributed by atoms with Gasteiger partial charge >= 0.3 is 6.98 Å². The van der Waals surface area contributed by atoms with E-state index in [0.29, 0.717) is 5.92 Å². The molecule has 1 saturated heterocycles. The number of nitrogens with zero attached hydrogens (tertiary/aromatic N) is 1. The van der Waals surface area contributed by atoms with Crippen LogP contribution in [0.2, 0.25) is 0 Å². The molecule has 0 amide bonds. The van der Waals surface area contributed by atoms with Gasteiger partial charge in [-0.25, -0.2) is 0 Å². The molecule has 0 N–H and O–H groups in total. The number of rotatable bonds is 3. The topological polar surface area (TPSA) is 3.24 Å². The van der Waals surface area contributed by atoms with Crippen molar-refractivity contribution < 1.29 is 12.9 Å². The van der Waals surface area contributed by atoms with Gasteiger partial charge in [-0.05, 0) is 37.8 Å². The minimum absolute atomic E-state index is 0.0206. The van der Waals surface area contributed by atoms with Crippen LogP contribution >= 0.6 is 0 Å². The first-order chi connectivity index (χ1) is 7.97. The molecule has 17 heavy (non-hydrogen) atoms. The van der Waals surface area contributed by atoms with Crippen molar-refractivity contribution in [1.29, 1.82) is 0 Å². The zero-order valence-electron chi connectivity index (χ0n) is 10.2. The van der Waals surface area contributed by atoms with E-state index in [1.165, 1.54) is 25.7 Å². The highest BCUT2D eigenvalue weighted by Gasteiger charge is 2.33. The van der Waals surface area contributed by atoms with E-state index in [1.807, 2.05) is 4.90 Å². The zero-order chi connectivity index (χ0) is 12.5. The molecule has 1 heterocycles. The first-order valence-corrected chi connectivity index (χ1v) is 6.57. The minimum atomic E-state index is -4.86. The van der Waals surface area contributed by atoms with Crippen molar-refractivity contribution in [2.24, 2.45) is 11.8 Å². The fourth-order valence-electron chi connectivity index (χ4n) is 3.21. The highest BCUT2D eigenvalue weighted by atomic mass is 19.4. The predicted octanol–water partition coefficient (Wildman–Crippen LogP) is 3.44. The summed E-state index contributed by atoms with van der Waals surface area (Å²) in [5, 5.41) is 0. The molecule has 2 atom stereocenters. The normalized spacial score (nSPS) is 31.0. The molecule has 0 radical (unpaired) electrons. The Morgan fingerprint density at radius 1 is 1.12 bits per heavy atom. The van der Waals surface area contributed by atoms with Crippen LogP contribution in [0.25, 0.3) is 0 Å². The summed E-state index contributed by atoms with van der Waals surface area (Å²) in [5.74, 6) is 1.40. The van der Waals surface area contributed by atoms with Crippen LogP contribution in [-0.4, -0.2) is 31.5 Å². The summed E-state index contributed by atoms with van der Waals surface area (Å²) in [6.45, 7) is 0.00182. The molecule has 1 aliphatic heterocycles. The summed E-state index contributed by atoms with van der Waals surface area (Å²) in [6, 6.07) is 0. The predicted molar refractivity (Wildman–Crippen MR) is 64.7 cm³/mol. The zero-order valence-corrected chi connectivity index (χ0v) is 10.2. The summed E-state index contributed by atoms with van der Waals surface area (Å²) < 4.78 is 37.4. The second-order valence-electron chi connectivity index (χ2n) is 5.56. The number of fused-ring (bicyclic) bond motifs is 1. The van der Waals surface area contributed by atoms with Crippen molar-refractivity contribution in [3.8, 4) is 0 Å². The molecule has 5 heteroatoms. The molecule has 2 fully saturated rings. The average Bonchev–Trinajstić information content (AvgIpc) is 2.27. The smallest absolute Gasteiger partial charge is 0.445 e. The van der Waals surface area contributed by atoms with Gasteiger partial charge in [-0.1, -0.05) is 19.3 Å². The SMILES string of the molecule is C=C(CN1CCC2CCCCC2C1)[B-](F)(F)F. The molecular weight excluding hydrogens is 226 g/mol. The first kappa shape index (κ1) is 13.0. The van der Waals surface area contributed by atoms with E-state index in [1.54, 1.807) is 0 Å². The Balaban J connectivity index is 1.86. The first-order valence-electron chi connectivity index (χ1n) is 6.57. The minimum Gasteiger partial charge on any atom is -0.445 e. The number of piperidine rings is 1. The van der Waals surface area contributed by atoms with Crippen LogP contribution in [-0.2, 0) is 0 Å². The lowest BCUT2D eigenvalue weighted by molar-refractivity contribution is 0.0937. The molecule has 1 nitrogen and oxygen atoms in total. The number of hydrogen-bond acceptors (Lipinski definition) is 1. The summed E-state index contributed by atoms with van der Waals surface area (Å²) in [4.78, 5) is 1.95. The molecular formula is C12H20BF3N-. The third kappa shape index (κ3) is 3.27. The quantitative estimate of drug-likeness (QED) is 0.689. The Hall–Kier alpha value is -0.445. The maximum atomic E-state index is 12.5. The van der Waals surface area contributed by atoms with Gasteiger partial charge < -0.3 is 17.8 Å². The van der Waals surface area contributed by atoms with E-state index in [-0.39, 0.29) is 6.54 Å². The lowest BCUT2D eigenvalue weighted by atomic mass is 9.74. The summed E-state index contributed by atoms with van der Waals surface area (Å²) in [5.41, 5.74) is -0.542. The molecule has 0 aromatic rings. The van der Waals surface area contributed by atoms with Crippen LogP contribution in [0.1, 0.15) is 32.1 Å². The second kappa shape index (κ2) is 5.05. The molecule has 1 saturated carbocycles. The van der Waals surface area contributed by atoms with Gasteiger partial charge in [0, 0.05) is 6.54 Å². The van der Waals surface area contributed by atoms with E-state index in [4.69, 9.17) is 0 Å². The van der Waals surface area contributed by atoms with Crippen molar-refractivity contribution in [1.82, 2.24) is 4.90 Å². The Morgan fingerprint density at radius 2 is 1.76 bits per heavy atom. The molecule has 0 spiro atoms. The number of hydrogen-bond donors (Lipinski definition) is 0. The Kier molecular flexibility index (Phi) is 3.86. The van der Waals surface area contributed by atoms with Gasteiger partial charge in [0.25, 0.3) is 0 Å². The van der Waals surface area contributed by atoms with Gasteiger partial charge in [-0.15, -0.1) is 12.1 Å². The standard InChI is InChI=1S/C12H20BF3N/c1-10(13(14,15)16)8-17-7-6-11-4-2-3-5-12(11)9-17/h11-12H,1-9H2/q-1. The highest BCUT2D eigenvalue weighted by molar-refractivity contribution is 6.66. The van der Waals surface area contributed by atoms with Gasteiger partial charge in [-0.3, -0.25) is 0 Å². The molecule has 1 aliphatic carbocycles. The van der Waals surface area contributed by atoms with Gasteiger partial charge in [0.05, 0.1) is 0 Å². The van der Waals surface area contributed by atoms with Gasteiger partial charge in [-0.2, -0.15) is 0 Å². The van der Waals surface area contributed by atoms with Crippen LogP contribution in [0.3, 0.4) is 0 Å². The van der Waals surface area contributed by atoms with Crippen LogP contribution in [0.5, 0.6) is 0 Å². The molecule has 98 valence electrons. The fraction of sp³-hybridized carbons (Fsp3) is 0.833. The molecule has 2 aliphatic rings. The molecule has 0 bridgehead atoms. The van der Waals surface area contributed by atoms with E-state index >= 15 is 0 Å². The Labute approximate surface area is 101 Å². The monoisotopic (exact) mass is 246 g/mol. The Bertz CT molecular complexity index is 290. The van der Waals surface area contributed by atoms with Crippen LogP contribution in [0.15, 0.2) is 12.1 Å². The fourth-order valence-corrected chi connectivity index (χ4v) is 3.21. The third-order valence-electron chi connectivity index (χ3n) is 4.26. The van der Waals surface area contributed by atoms with E-state index in [0.717, 1.165) is 25.4 Å². The van der Waals surface area contributed by atoms with Crippen LogP contribution < -0.4 is 0 Å². The van der Waals surface area contributed by atoms with Gasteiger partial charge in [0.15, 0.2) is 0 Å². The van der Waals surface area contributed by atoms with E-state index < -0.39 is 12.4 Å². The average molecular weight is 246 g/mol. The van der Waals surface area contributed by atoms with Crippen LogP contribution in [0, 0.1) is 11.8 Å². The maximum absolute atomic E-state index is 12.5. The summed E-state index contributed by atoms with van der Waals surface area (Å²) in [7, 11) is 0. The molecule has 2 unspecified atom stereocenters. The molecule has 0 aromatic carbocycles.